The van der Waals surface area contributed by atoms with E-state index in [1.54, 1.807) is 4.68 Å². The van der Waals surface area contributed by atoms with E-state index >= 15 is 0 Å². The third kappa shape index (κ3) is 2.53. The summed E-state index contributed by atoms with van der Waals surface area (Å²) in [5.74, 6) is 2.11. The van der Waals surface area contributed by atoms with Crippen molar-refractivity contribution in [3.8, 4) is 5.69 Å². The molecule has 0 saturated carbocycles. The van der Waals surface area contributed by atoms with E-state index in [4.69, 9.17) is 0 Å². The first-order valence-electron chi connectivity index (χ1n) is 6.47. The van der Waals surface area contributed by atoms with E-state index in [9.17, 15) is 4.79 Å². The second-order valence-corrected chi connectivity index (χ2v) is 5.88. The number of tetrazole rings is 1. The Morgan fingerprint density at radius 2 is 2.10 bits per heavy atom. The highest BCUT2D eigenvalue weighted by molar-refractivity contribution is 7.99. The molecule has 6 nitrogen and oxygen atoms in total. The quantitative estimate of drug-likeness (QED) is 0.830. The molecule has 1 saturated heterocycles. The number of aryl methyl sites for hydroxylation is 1. The van der Waals surface area contributed by atoms with Gasteiger partial charge in [0.05, 0.1) is 5.69 Å². The molecule has 1 aliphatic rings. The average molecular weight is 289 g/mol. The van der Waals surface area contributed by atoms with Gasteiger partial charge < -0.3 is 4.90 Å². The number of amides is 1. The fraction of sp³-hybridized carbons (Fsp3) is 0.385. The fourth-order valence-electron chi connectivity index (χ4n) is 2.21. The van der Waals surface area contributed by atoms with E-state index in [0.717, 1.165) is 35.8 Å². The average Bonchev–Trinajstić information content (AvgIpc) is 3.02. The first kappa shape index (κ1) is 13.1. The van der Waals surface area contributed by atoms with E-state index in [1.807, 2.05) is 41.8 Å². The Balaban J connectivity index is 1.90. The van der Waals surface area contributed by atoms with E-state index in [0.29, 0.717) is 5.56 Å². The first-order chi connectivity index (χ1) is 9.75. The van der Waals surface area contributed by atoms with E-state index in [1.165, 1.54) is 6.33 Å². The lowest BCUT2D eigenvalue weighted by molar-refractivity contribution is 0.0772. The maximum Gasteiger partial charge on any atom is 0.253 e. The van der Waals surface area contributed by atoms with Crippen molar-refractivity contribution in [1.29, 1.82) is 0 Å². The van der Waals surface area contributed by atoms with Gasteiger partial charge in [-0.15, -0.1) is 5.10 Å². The molecule has 0 atom stereocenters. The number of carbonyl (C=O) groups excluding carboxylic acids is 1. The summed E-state index contributed by atoms with van der Waals surface area (Å²) in [5.41, 5.74) is 2.56. The molecule has 1 aromatic carbocycles. The number of aromatic nitrogens is 4. The number of thioether (sulfide) groups is 1. The fourth-order valence-corrected chi connectivity index (χ4v) is 3.11. The molecule has 104 valence electrons. The van der Waals surface area contributed by atoms with Crippen LogP contribution in [0.3, 0.4) is 0 Å². The normalized spacial score (nSPS) is 15.3. The van der Waals surface area contributed by atoms with Gasteiger partial charge in [-0.1, -0.05) is 6.07 Å². The molecular formula is C13H15N5OS. The number of carbonyl (C=O) groups is 1. The molecule has 2 aromatic rings. The monoisotopic (exact) mass is 289 g/mol. The van der Waals surface area contributed by atoms with Crippen molar-refractivity contribution in [3.63, 3.8) is 0 Å². The van der Waals surface area contributed by atoms with Gasteiger partial charge >= 0.3 is 0 Å². The Labute approximate surface area is 121 Å². The van der Waals surface area contributed by atoms with Crippen LogP contribution in [-0.4, -0.2) is 55.6 Å². The minimum absolute atomic E-state index is 0.0830. The van der Waals surface area contributed by atoms with Crippen molar-refractivity contribution in [1.82, 2.24) is 25.1 Å². The molecule has 3 rings (SSSR count). The number of benzene rings is 1. The van der Waals surface area contributed by atoms with Crippen LogP contribution in [-0.2, 0) is 0 Å². The summed E-state index contributed by atoms with van der Waals surface area (Å²) in [5, 5.41) is 11.2. The summed E-state index contributed by atoms with van der Waals surface area (Å²) < 4.78 is 1.58. The predicted molar refractivity (Wildman–Crippen MR) is 77.1 cm³/mol. The summed E-state index contributed by atoms with van der Waals surface area (Å²) >= 11 is 1.89. The highest BCUT2D eigenvalue weighted by Crippen LogP contribution is 2.18. The molecule has 20 heavy (non-hydrogen) atoms. The second-order valence-electron chi connectivity index (χ2n) is 4.66. The summed E-state index contributed by atoms with van der Waals surface area (Å²) in [7, 11) is 0. The van der Waals surface area contributed by atoms with E-state index in [2.05, 4.69) is 15.5 Å². The zero-order chi connectivity index (χ0) is 13.9. The van der Waals surface area contributed by atoms with Gasteiger partial charge in [0, 0.05) is 30.2 Å². The van der Waals surface area contributed by atoms with Crippen LogP contribution in [0.15, 0.2) is 24.5 Å². The Morgan fingerprint density at radius 3 is 2.80 bits per heavy atom. The minimum Gasteiger partial charge on any atom is -0.337 e. The predicted octanol–water partition coefficient (Wildman–Crippen LogP) is 1.16. The standard InChI is InChI=1S/C13H15N5OS/c1-10-2-3-11(8-12(10)18-9-14-15-16-18)13(19)17-4-6-20-7-5-17/h2-3,8-9H,4-7H2,1H3. The Hall–Kier alpha value is -1.89. The number of hydrogen-bond acceptors (Lipinski definition) is 5. The lowest BCUT2D eigenvalue weighted by atomic mass is 10.1. The van der Waals surface area contributed by atoms with Crippen molar-refractivity contribution < 1.29 is 4.79 Å². The van der Waals surface area contributed by atoms with Crippen LogP contribution in [0.2, 0.25) is 0 Å². The van der Waals surface area contributed by atoms with Crippen LogP contribution in [0.4, 0.5) is 0 Å². The summed E-state index contributed by atoms with van der Waals surface area (Å²) in [6.45, 7) is 3.61. The van der Waals surface area contributed by atoms with Crippen LogP contribution in [0.5, 0.6) is 0 Å². The first-order valence-corrected chi connectivity index (χ1v) is 7.62. The molecule has 0 radical (unpaired) electrons. The van der Waals surface area contributed by atoms with Gasteiger partial charge in [-0.25, -0.2) is 4.68 Å². The maximum absolute atomic E-state index is 12.5. The third-order valence-electron chi connectivity index (χ3n) is 3.35. The molecule has 1 aliphatic heterocycles. The molecule has 1 amide bonds. The van der Waals surface area contributed by atoms with Gasteiger partial charge in [0.15, 0.2) is 0 Å². The molecule has 7 heteroatoms. The van der Waals surface area contributed by atoms with Gasteiger partial charge in [0.25, 0.3) is 5.91 Å². The maximum atomic E-state index is 12.5. The van der Waals surface area contributed by atoms with Crippen LogP contribution >= 0.6 is 11.8 Å². The minimum atomic E-state index is 0.0830. The van der Waals surface area contributed by atoms with Crippen LogP contribution < -0.4 is 0 Å². The van der Waals surface area contributed by atoms with Gasteiger partial charge in [-0.05, 0) is 35.0 Å². The van der Waals surface area contributed by atoms with E-state index in [-0.39, 0.29) is 5.91 Å². The van der Waals surface area contributed by atoms with Crippen molar-refractivity contribution in [2.45, 2.75) is 6.92 Å². The second kappa shape index (κ2) is 5.62. The van der Waals surface area contributed by atoms with Crippen molar-refractivity contribution in [2.24, 2.45) is 0 Å². The Morgan fingerprint density at radius 1 is 1.30 bits per heavy atom. The third-order valence-corrected chi connectivity index (χ3v) is 4.29. The number of nitrogens with zero attached hydrogens (tertiary/aromatic N) is 5. The van der Waals surface area contributed by atoms with Gasteiger partial charge in [-0.2, -0.15) is 11.8 Å². The summed E-state index contributed by atoms with van der Waals surface area (Å²) in [4.78, 5) is 14.4. The van der Waals surface area contributed by atoms with Crippen LogP contribution in [0, 0.1) is 6.92 Å². The zero-order valence-corrected chi connectivity index (χ0v) is 12.0. The summed E-state index contributed by atoms with van der Waals surface area (Å²) in [6, 6.07) is 5.66. The molecule has 1 fully saturated rings. The summed E-state index contributed by atoms with van der Waals surface area (Å²) in [6.07, 6.45) is 1.54. The zero-order valence-electron chi connectivity index (χ0n) is 11.2. The van der Waals surface area contributed by atoms with Crippen molar-refractivity contribution in [2.75, 3.05) is 24.6 Å². The molecule has 0 N–H and O–H groups in total. The Kier molecular flexibility index (Phi) is 3.68. The lowest BCUT2D eigenvalue weighted by Gasteiger charge is -2.26. The lowest BCUT2D eigenvalue weighted by Crippen LogP contribution is -2.37. The highest BCUT2D eigenvalue weighted by atomic mass is 32.2. The van der Waals surface area contributed by atoms with Gasteiger partial charge in [0.2, 0.25) is 0 Å². The molecule has 2 heterocycles. The van der Waals surface area contributed by atoms with Crippen LogP contribution in [0.25, 0.3) is 5.69 Å². The smallest absolute Gasteiger partial charge is 0.253 e. The largest absolute Gasteiger partial charge is 0.337 e. The van der Waals surface area contributed by atoms with Crippen LogP contribution in [0.1, 0.15) is 15.9 Å². The molecule has 0 bridgehead atoms. The topological polar surface area (TPSA) is 63.9 Å². The SMILES string of the molecule is Cc1ccc(C(=O)N2CCSCC2)cc1-n1cnnn1. The molecule has 0 unspecified atom stereocenters. The van der Waals surface area contributed by atoms with Gasteiger partial charge in [-0.3, -0.25) is 4.79 Å². The number of hydrogen-bond donors (Lipinski definition) is 0. The molecule has 0 spiro atoms. The van der Waals surface area contributed by atoms with Crippen molar-refractivity contribution >= 4 is 17.7 Å². The Bertz CT molecular complexity index is 607. The molecular weight excluding hydrogens is 274 g/mol. The highest BCUT2D eigenvalue weighted by Gasteiger charge is 2.19. The molecule has 1 aromatic heterocycles. The van der Waals surface area contributed by atoms with Gasteiger partial charge in [0.1, 0.15) is 6.33 Å². The van der Waals surface area contributed by atoms with E-state index < -0.39 is 0 Å². The van der Waals surface area contributed by atoms with Crippen molar-refractivity contribution in [3.05, 3.63) is 35.7 Å². The molecule has 0 aliphatic carbocycles. The number of rotatable bonds is 2.